The molecule has 116 valence electrons. The lowest BCUT2D eigenvalue weighted by Crippen LogP contribution is -2.32. The lowest BCUT2D eigenvalue weighted by Gasteiger charge is -2.23. The molecular weight excluding hydrogens is 264 g/mol. The number of hydrogen-bond donors (Lipinski definition) is 2. The van der Waals surface area contributed by atoms with Crippen molar-refractivity contribution in [2.24, 2.45) is 5.84 Å². The van der Waals surface area contributed by atoms with E-state index in [2.05, 4.69) is 31.2 Å². The largest absolute Gasteiger partial charge is 0.339 e. The van der Waals surface area contributed by atoms with Crippen molar-refractivity contribution in [1.82, 2.24) is 9.88 Å². The van der Waals surface area contributed by atoms with E-state index in [9.17, 15) is 4.79 Å². The van der Waals surface area contributed by atoms with E-state index in [4.69, 9.17) is 5.84 Å². The van der Waals surface area contributed by atoms with E-state index in [0.29, 0.717) is 11.4 Å². The Labute approximate surface area is 126 Å². The minimum atomic E-state index is -0.124. The van der Waals surface area contributed by atoms with E-state index in [0.717, 1.165) is 31.6 Å². The highest BCUT2D eigenvalue weighted by Crippen LogP contribution is 2.24. The first-order valence-corrected chi connectivity index (χ1v) is 7.70. The number of amides is 1. The summed E-state index contributed by atoms with van der Waals surface area (Å²) in [5.74, 6) is 6.12. The predicted molar refractivity (Wildman–Crippen MR) is 85.1 cm³/mol. The fourth-order valence-corrected chi connectivity index (χ4v) is 2.57. The third-order valence-corrected chi connectivity index (χ3v) is 3.88. The maximum atomic E-state index is 12.7. The smallest absolute Gasteiger partial charge is 0.254 e. The molecule has 1 saturated heterocycles. The summed E-state index contributed by atoms with van der Waals surface area (Å²) in [6.45, 7) is 7.93. The van der Waals surface area contributed by atoms with E-state index >= 15 is 0 Å². The molecule has 0 aromatic carbocycles. The first-order chi connectivity index (χ1) is 9.91. The zero-order chi connectivity index (χ0) is 15.5. The third-order valence-electron chi connectivity index (χ3n) is 3.88. The Bertz CT molecular complexity index is 499. The second-order valence-corrected chi connectivity index (χ2v) is 6.73. The van der Waals surface area contributed by atoms with Crippen molar-refractivity contribution in [3.05, 3.63) is 23.4 Å². The maximum Gasteiger partial charge on any atom is 0.254 e. The predicted octanol–water partition coefficient (Wildman–Crippen LogP) is 2.68. The summed E-state index contributed by atoms with van der Waals surface area (Å²) in [5, 5.41) is 0. The number of likely N-dealkylation sites (tertiary alicyclic amines) is 1. The van der Waals surface area contributed by atoms with Gasteiger partial charge in [-0.2, -0.15) is 0 Å². The normalized spacial score (nSPS) is 16.5. The van der Waals surface area contributed by atoms with Crippen molar-refractivity contribution in [3.63, 3.8) is 0 Å². The summed E-state index contributed by atoms with van der Waals surface area (Å²) < 4.78 is 0. The highest BCUT2D eigenvalue weighted by molar-refractivity contribution is 5.95. The fraction of sp³-hybridized carbons (Fsp3) is 0.625. The molecular formula is C16H26N4O. The topological polar surface area (TPSA) is 71.2 Å². The molecule has 0 unspecified atom stereocenters. The van der Waals surface area contributed by atoms with E-state index < -0.39 is 0 Å². The van der Waals surface area contributed by atoms with Gasteiger partial charge in [0.1, 0.15) is 5.82 Å². The van der Waals surface area contributed by atoms with Gasteiger partial charge in [0.15, 0.2) is 0 Å². The number of rotatable bonds is 2. The number of anilines is 1. The van der Waals surface area contributed by atoms with Gasteiger partial charge in [-0.3, -0.25) is 4.79 Å². The van der Waals surface area contributed by atoms with Crippen LogP contribution in [0.2, 0.25) is 0 Å². The van der Waals surface area contributed by atoms with Crippen LogP contribution in [0.5, 0.6) is 0 Å². The molecule has 1 aliphatic rings. The van der Waals surface area contributed by atoms with Gasteiger partial charge in [0, 0.05) is 29.8 Å². The van der Waals surface area contributed by atoms with Crippen molar-refractivity contribution in [2.75, 3.05) is 18.5 Å². The molecule has 0 atom stereocenters. The molecule has 0 bridgehead atoms. The minimum Gasteiger partial charge on any atom is -0.339 e. The lowest BCUT2D eigenvalue weighted by atomic mass is 9.90. The van der Waals surface area contributed by atoms with Crippen LogP contribution < -0.4 is 11.3 Å². The van der Waals surface area contributed by atoms with E-state index in [1.807, 2.05) is 11.0 Å². The van der Waals surface area contributed by atoms with Crippen LogP contribution >= 0.6 is 0 Å². The van der Waals surface area contributed by atoms with Crippen LogP contribution in [0.3, 0.4) is 0 Å². The highest BCUT2D eigenvalue weighted by atomic mass is 16.2. The molecule has 5 heteroatoms. The molecule has 2 heterocycles. The molecule has 2 rings (SSSR count). The Morgan fingerprint density at radius 2 is 1.81 bits per heavy atom. The van der Waals surface area contributed by atoms with Gasteiger partial charge in [-0.15, -0.1) is 0 Å². The molecule has 0 saturated carbocycles. The summed E-state index contributed by atoms with van der Waals surface area (Å²) in [6.07, 6.45) is 4.60. The summed E-state index contributed by atoms with van der Waals surface area (Å²) in [7, 11) is 0. The van der Waals surface area contributed by atoms with Crippen LogP contribution in [0.4, 0.5) is 5.82 Å². The van der Waals surface area contributed by atoms with Crippen molar-refractivity contribution in [2.45, 2.75) is 51.9 Å². The maximum absolute atomic E-state index is 12.7. The summed E-state index contributed by atoms with van der Waals surface area (Å²) in [6, 6.07) is 3.64. The van der Waals surface area contributed by atoms with Crippen LogP contribution in [0, 0.1) is 0 Å². The van der Waals surface area contributed by atoms with Gasteiger partial charge in [0.25, 0.3) is 5.91 Å². The number of hydrogen-bond acceptors (Lipinski definition) is 4. The van der Waals surface area contributed by atoms with Crippen LogP contribution in [0.1, 0.15) is 62.5 Å². The number of carbonyl (C=O) groups is 1. The van der Waals surface area contributed by atoms with Gasteiger partial charge in [-0.25, -0.2) is 10.8 Å². The molecule has 1 aromatic heterocycles. The van der Waals surface area contributed by atoms with Gasteiger partial charge < -0.3 is 10.3 Å². The van der Waals surface area contributed by atoms with Gasteiger partial charge in [-0.1, -0.05) is 33.6 Å². The Morgan fingerprint density at radius 3 is 2.33 bits per heavy atom. The minimum absolute atomic E-state index is 0.0845. The molecule has 1 amide bonds. The monoisotopic (exact) mass is 290 g/mol. The molecule has 1 aliphatic heterocycles. The van der Waals surface area contributed by atoms with E-state index in [1.54, 1.807) is 6.07 Å². The first-order valence-electron chi connectivity index (χ1n) is 7.70. The molecule has 3 N–H and O–H groups in total. The second kappa shape index (κ2) is 6.43. The number of nitrogen functional groups attached to an aromatic ring is 1. The van der Waals surface area contributed by atoms with Crippen LogP contribution in [-0.2, 0) is 5.41 Å². The Balaban J connectivity index is 2.31. The number of carbonyl (C=O) groups excluding carboxylic acids is 1. The average molecular weight is 290 g/mol. The number of pyridine rings is 1. The van der Waals surface area contributed by atoms with E-state index in [1.165, 1.54) is 12.8 Å². The van der Waals surface area contributed by atoms with Crippen molar-refractivity contribution in [3.8, 4) is 0 Å². The Kier molecular flexibility index (Phi) is 4.83. The van der Waals surface area contributed by atoms with Crippen LogP contribution in [0.25, 0.3) is 0 Å². The number of nitrogens with one attached hydrogen (secondary N) is 1. The summed E-state index contributed by atoms with van der Waals surface area (Å²) in [4.78, 5) is 19.1. The first kappa shape index (κ1) is 15.8. The number of nitrogens with two attached hydrogens (primary N) is 1. The highest BCUT2D eigenvalue weighted by Gasteiger charge is 2.22. The number of nitrogens with zero attached hydrogens (tertiary/aromatic N) is 2. The van der Waals surface area contributed by atoms with Gasteiger partial charge in [-0.05, 0) is 25.0 Å². The van der Waals surface area contributed by atoms with Crippen molar-refractivity contribution < 1.29 is 4.79 Å². The third kappa shape index (κ3) is 3.94. The molecule has 0 spiro atoms. The molecule has 1 fully saturated rings. The zero-order valence-corrected chi connectivity index (χ0v) is 13.3. The Hall–Kier alpha value is -1.62. The second-order valence-electron chi connectivity index (χ2n) is 6.73. The Morgan fingerprint density at radius 1 is 1.19 bits per heavy atom. The van der Waals surface area contributed by atoms with Crippen molar-refractivity contribution >= 4 is 11.7 Å². The molecule has 5 nitrogen and oxygen atoms in total. The standard InChI is InChI=1S/C16H26N4O/c1-16(2,3)13-10-12(11-14(18-13)19-17)15(21)20-8-6-4-5-7-9-20/h10-11H,4-9,17H2,1-3H3,(H,18,19). The lowest BCUT2D eigenvalue weighted by molar-refractivity contribution is 0.0761. The van der Waals surface area contributed by atoms with Gasteiger partial charge >= 0.3 is 0 Å². The SMILES string of the molecule is CC(C)(C)c1cc(C(=O)N2CCCCCC2)cc(NN)n1. The number of aromatic nitrogens is 1. The molecule has 1 aromatic rings. The number of hydrazine groups is 1. The van der Waals surface area contributed by atoms with E-state index in [-0.39, 0.29) is 11.3 Å². The van der Waals surface area contributed by atoms with Gasteiger partial charge in [0.2, 0.25) is 0 Å². The fourth-order valence-electron chi connectivity index (χ4n) is 2.57. The quantitative estimate of drug-likeness (QED) is 0.649. The summed E-state index contributed by atoms with van der Waals surface area (Å²) in [5.41, 5.74) is 3.99. The summed E-state index contributed by atoms with van der Waals surface area (Å²) >= 11 is 0. The zero-order valence-electron chi connectivity index (χ0n) is 13.3. The molecule has 0 radical (unpaired) electrons. The average Bonchev–Trinajstić information content (AvgIpc) is 2.74. The van der Waals surface area contributed by atoms with Crippen LogP contribution in [0.15, 0.2) is 12.1 Å². The van der Waals surface area contributed by atoms with Gasteiger partial charge in [0.05, 0.1) is 0 Å². The molecule has 0 aliphatic carbocycles. The molecule has 21 heavy (non-hydrogen) atoms. The van der Waals surface area contributed by atoms with Crippen molar-refractivity contribution in [1.29, 1.82) is 0 Å². The van der Waals surface area contributed by atoms with Crippen LogP contribution in [-0.4, -0.2) is 28.9 Å².